The van der Waals surface area contributed by atoms with Crippen molar-refractivity contribution in [1.82, 2.24) is 0 Å². The van der Waals surface area contributed by atoms with E-state index >= 15 is 0 Å². The highest BCUT2D eigenvalue weighted by atomic mass is 13.9. The van der Waals surface area contributed by atoms with Crippen molar-refractivity contribution in [1.29, 1.82) is 0 Å². The molecule has 8 heavy (non-hydrogen) atoms. The zero-order valence-electron chi connectivity index (χ0n) is 5.91. The van der Waals surface area contributed by atoms with Gasteiger partial charge in [0.2, 0.25) is 0 Å². The van der Waals surface area contributed by atoms with E-state index in [0.29, 0.717) is 0 Å². The largest absolute Gasteiger partial charge is 0.0850 e. The Labute approximate surface area is 52.6 Å². The molecule has 0 aromatic carbocycles. The van der Waals surface area contributed by atoms with E-state index in [0.717, 1.165) is 6.42 Å². The Balaban J connectivity index is 3.38. The molecule has 0 aromatic rings. The van der Waals surface area contributed by atoms with Gasteiger partial charge in [-0.1, -0.05) is 31.9 Å². The lowest BCUT2D eigenvalue weighted by atomic mass is 10.1. The van der Waals surface area contributed by atoms with Crippen LogP contribution in [-0.4, -0.2) is 0 Å². The van der Waals surface area contributed by atoms with Crippen molar-refractivity contribution < 1.29 is 0 Å². The van der Waals surface area contributed by atoms with Gasteiger partial charge in [0.1, 0.15) is 0 Å². The molecule has 1 radical (unpaired) electrons. The summed E-state index contributed by atoms with van der Waals surface area (Å²) in [5.41, 5.74) is 1.48. The van der Waals surface area contributed by atoms with Crippen molar-refractivity contribution >= 4 is 0 Å². The number of hydrogen-bond acceptors (Lipinski definition) is 0. The fourth-order valence-electron chi connectivity index (χ4n) is 0.744. The summed E-state index contributed by atoms with van der Waals surface area (Å²) in [5.74, 6) is 0. The molecule has 0 nitrogen and oxygen atoms in total. The van der Waals surface area contributed by atoms with E-state index in [1.165, 1.54) is 18.4 Å². The predicted octanol–water partition coefficient (Wildman–Crippen LogP) is 2.96. The highest BCUT2D eigenvalue weighted by Crippen LogP contribution is 2.07. The Bertz CT molecular complexity index is 70.1. The predicted molar refractivity (Wildman–Crippen MR) is 38.6 cm³/mol. The lowest BCUT2D eigenvalue weighted by molar-refractivity contribution is 0.859. The molecule has 0 saturated heterocycles. The third kappa shape index (κ3) is 2.84. The molecule has 0 saturated carbocycles. The first kappa shape index (κ1) is 7.74. The van der Waals surface area contributed by atoms with Gasteiger partial charge in [-0.3, -0.25) is 0 Å². The lowest BCUT2D eigenvalue weighted by Crippen LogP contribution is -1.77. The summed E-state index contributed by atoms with van der Waals surface area (Å²) in [6.07, 6.45) is 5.61. The number of rotatable bonds is 3. The standard InChI is InChI=1S/C8H15/c1-4-7-8(5-2)6-3/h5H,2,4,6-7H2,1,3H3. The maximum atomic E-state index is 3.71. The Morgan fingerprint density at radius 3 is 2.25 bits per heavy atom. The van der Waals surface area contributed by atoms with Crippen LogP contribution in [0.5, 0.6) is 0 Å². The maximum Gasteiger partial charge on any atom is -0.0313 e. The second-order valence-electron chi connectivity index (χ2n) is 1.97. The van der Waals surface area contributed by atoms with Gasteiger partial charge < -0.3 is 0 Å². The zero-order chi connectivity index (χ0) is 6.41. The topological polar surface area (TPSA) is 0 Å². The lowest BCUT2D eigenvalue weighted by Gasteiger charge is -1.97. The molecule has 0 rings (SSSR count). The van der Waals surface area contributed by atoms with Crippen molar-refractivity contribution in [2.75, 3.05) is 0 Å². The van der Waals surface area contributed by atoms with Gasteiger partial charge in [0.25, 0.3) is 0 Å². The monoisotopic (exact) mass is 111 g/mol. The molecule has 0 bridgehead atoms. The molecule has 0 spiro atoms. The molecule has 0 aliphatic carbocycles. The summed E-state index contributed by atoms with van der Waals surface area (Å²) in [6, 6.07) is 0. The van der Waals surface area contributed by atoms with E-state index in [2.05, 4.69) is 20.8 Å². The van der Waals surface area contributed by atoms with E-state index in [4.69, 9.17) is 0 Å². The quantitative estimate of drug-likeness (QED) is 0.525. The van der Waals surface area contributed by atoms with E-state index in [1.807, 2.05) is 6.08 Å². The fraction of sp³-hybridized carbons (Fsp3) is 0.625. The molecule has 0 heterocycles. The normalized spacial score (nSPS) is 12.1. The summed E-state index contributed by atoms with van der Waals surface area (Å²) < 4.78 is 0. The zero-order valence-corrected chi connectivity index (χ0v) is 5.91. The van der Waals surface area contributed by atoms with Gasteiger partial charge in [-0.15, -0.1) is 0 Å². The van der Waals surface area contributed by atoms with E-state index in [-0.39, 0.29) is 0 Å². The molecule has 0 heteroatoms. The second kappa shape index (κ2) is 4.89. The van der Waals surface area contributed by atoms with Gasteiger partial charge in [0.15, 0.2) is 0 Å². The van der Waals surface area contributed by atoms with Crippen LogP contribution in [0.15, 0.2) is 11.6 Å². The second-order valence-corrected chi connectivity index (χ2v) is 1.97. The van der Waals surface area contributed by atoms with Crippen molar-refractivity contribution in [3.63, 3.8) is 0 Å². The summed E-state index contributed by atoms with van der Waals surface area (Å²) >= 11 is 0. The number of allylic oxidation sites excluding steroid dienone is 2. The summed E-state index contributed by atoms with van der Waals surface area (Å²) in [6.45, 7) is 8.08. The van der Waals surface area contributed by atoms with E-state index in [9.17, 15) is 0 Å². The Morgan fingerprint density at radius 1 is 1.50 bits per heavy atom. The Hall–Kier alpha value is -0.260. The fourth-order valence-corrected chi connectivity index (χ4v) is 0.744. The minimum Gasteiger partial charge on any atom is -0.0850 e. The molecule has 0 amide bonds. The van der Waals surface area contributed by atoms with Gasteiger partial charge in [0.05, 0.1) is 0 Å². The smallest absolute Gasteiger partial charge is 0.0313 e. The highest BCUT2D eigenvalue weighted by molar-refractivity contribution is 5.02. The molecular formula is C8H15. The van der Waals surface area contributed by atoms with Crippen molar-refractivity contribution in [2.24, 2.45) is 0 Å². The first-order valence-electron chi connectivity index (χ1n) is 3.32. The molecule has 0 aromatic heterocycles. The van der Waals surface area contributed by atoms with Crippen molar-refractivity contribution in [3.8, 4) is 0 Å². The molecule has 47 valence electrons. The summed E-state index contributed by atoms with van der Waals surface area (Å²) in [7, 11) is 0. The molecule has 0 unspecified atom stereocenters. The van der Waals surface area contributed by atoms with Gasteiger partial charge in [0, 0.05) is 0 Å². The molecule has 0 aliphatic rings. The average Bonchev–Trinajstić information content (AvgIpc) is 1.83. The molecular weight excluding hydrogens is 96.1 g/mol. The van der Waals surface area contributed by atoms with Crippen LogP contribution < -0.4 is 0 Å². The van der Waals surface area contributed by atoms with E-state index in [1.54, 1.807) is 0 Å². The summed E-state index contributed by atoms with van der Waals surface area (Å²) in [4.78, 5) is 0. The molecule has 0 atom stereocenters. The average molecular weight is 111 g/mol. The molecule has 0 fully saturated rings. The van der Waals surface area contributed by atoms with E-state index < -0.39 is 0 Å². The SMILES string of the molecule is [CH2]C=C(CC)CCC. The van der Waals surface area contributed by atoms with Gasteiger partial charge in [-0.05, 0) is 19.8 Å². The Morgan fingerprint density at radius 2 is 2.12 bits per heavy atom. The van der Waals surface area contributed by atoms with Crippen LogP contribution in [0.2, 0.25) is 0 Å². The van der Waals surface area contributed by atoms with Crippen LogP contribution >= 0.6 is 0 Å². The van der Waals surface area contributed by atoms with Crippen LogP contribution in [-0.2, 0) is 0 Å². The minimum absolute atomic E-state index is 1.16. The maximum absolute atomic E-state index is 3.71. The van der Waals surface area contributed by atoms with Gasteiger partial charge in [-0.25, -0.2) is 0 Å². The summed E-state index contributed by atoms with van der Waals surface area (Å²) in [5, 5.41) is 0. The third-order valence-corrected chi connectivity index (χ3v) is 1.31. The minimum atomic E-state index is 1.16. The van der Waals surface area contributed by atoms with Crippen molar-refractivity contribution in [3.05, 3.63) is 18.6 Å². The Kier molecular flexibility index (Phi) is 4.73. The highest BCUT2D eigenvalue weighted by Gasteiger charge is 1.86. The van der Waals surface area contributed by atoms with Crippen LogP contribution in [0.1, 0.15) is 33.1 Å². The molecule has 0 N–H and O–H groups in total. The van der Waals surface area contributed by atoms with Crippen LogP contribution in [0, 0.1) is 6.92 Å². The van der Waals surface area contributed by atoms with Crippen LogP contribution in [0.4, 0.5) is 0 Å². The molecule has 0 aliphatic heterocycles. The first-order valence-corrected chi connectivity index (χ1v) is 3.32. The van der Waals surface area contributed by atoms with Crippen molar-refractivity contribution in [2.45, 2.75) is 33.1 Å². The third-order valence-electron chi connectivity index (χ3n) is 1.31. The van der Waals surface area contributed by atoms with Gasteiger partial charge in [-0.2, -0.15) is 0 Å². The van der Waals surface area contributed by atoms with Crippen LogP contribution in [0.25, 0.3) is 0 Å². The first-order chi connectivity index (χ1) is 3.85. The van der Waals surface area contributed by atoms with Crippen LogP contribution in [0.3, 0.4) is 0 Å². The number of hydrogen-bond donors (Lipinski definition) is 0. The van der Waals surface area contributed by atoms with Gasteiger partial charge >= 0.3 is 0 Å².